The predicted molar refractivity (Wildman–Crippen MR) is 87.5 cm³/mol. The van der Waals surface area contributed by atoms with Crippen molar-refractivity contribution in [3.63, 3.8) is 0 Å². The highest BCUT2D eigenvalue weighted by atomic mass is 16.3. The summed E-state index contributed by atoms with van der Waals surface area (Å²) in [6, 6.07) is 12.1. The first-order chi connectivity index (χ1) is 10.2. The number of nitrogens with one attached hydrogen (secondary N) is 1. The minimum Gasteiger partial charge on any atom is -0.508 e. The number of phenols is 1. The highest BCUT2D eigenvalue weighted by molar-refractivity contribution is 5.87. The van der Waals surface area contributed by atoms with Gasteiger partial charge in [-0.25, -0.2) is 0 Å². The number of piperidine rings is 1. The molecule has 112 valence electrons. The van der Waals surface area contributed by atoms with Crippen LogP contribution in [0.2, 0.25) is 0 Å². The van der Waals surface area contributed by atoms with Crippen LogP contribution in [-0.4, -0.2) is 36.7 Å². The average Bonchev–Trinajstić information content (AvgIpc) is 2.51. The van der Waals surface area contributed by atoms with Crippen molar-refractivity contribution in [2.24, 2.45) is 5.92 Å². The zero-order chi connectivity index (χ0) is 14.7. The van der Waals surface area contributed by atoms with E-state index in [2.05, 4.69) is 29.4 Å². The van der Waals surface area contributed by atoms with Gasteiger partial charge in [0.25, 0.3) is 0 Å². The molecule has 3 heteroatoms. The summed E-state index contributed by atoms with van der Waals surface area (Å²) in [6.45, 7) is 4.15. The van der Waals surface area contributed by atoms with Crippen molar-refractivity contribution in [3.05, 3.63) is 42.0 Å². The monoisotopic (exact) mass is 284 g/mol. The third kappa shape index (κ3) is 3.36. The van der Waals surface area contributed by atoms with Crippen molar-refractivity contribution in [3.8, 4) is 5.75 Å². The van der Waals surface area contributed by atoms with Gasteiger partial charge in [0.2, 0.25) is 0 Å². The van der Waals surface area contributed by atoms with Crippen LogP contribution < -0.4 is 5.32 Å². The first kappa shape index (κ1) is 14.4. The highest BCUT2D eigenvalue weighted by Crippen LogP contribution is 2.28. The molecule has 1 aliphatic rings. The summed E-state index contributed by atoms with van der Waals surface area (Å²) in [5.41, 5.74) is 1.04. The van der Waals surface area contributed by atoms with Crippen LogP contribution in [0.4, 0.5) is 0 Å². The number of nitrogens with zero attached hydrogens (tertiary/aromatic N) is 1. The summed E-state index contributed by atoms with van der Waals surface area (Å²) < 4.78 is 0. The number of rotatable bonds is 4. The van der Waals surface area contributed by atoms with Gasteiger partial charge in [0.15, 0.2) is 0 Å². The van der Waals surface area contributed by atoms with Crippen LogP contribution >= 0.6 is 0 Å². The quantitative estimate of drug-likeness (QED) is 0.906. The lowest BCUT2D eigenvalue weighted by atomic mass is 9.98. The molecule has 1 atom stereocenters. The van der Waals surface area contributed by atoms with Crippen molar-refractivity contribution in [1.29, 1.82) is 0 Å². The fraction of sp³-hybridized carbons (Fsp3) is 0.444. The Kier molecular flexibility index (Phi) is 4.42. The standard InChI is InChI=1S/C18H24N2O/c1-20(12-14-5-4-10-19-11-14)13-17-16-7-3-2-6-15(16)8-9-18(17)21/h2-3,6-9,14,19,21H,4-5,10-13H2,1H3. The van der Waals surface area contributed by atoms with Gasteiger partial charge in [-0.3, -0.25) is 0 Å². The van der Waals surface area contributed by atoms with Crippen molar-refractivity contribution in [2.45, 2.75) is 19.4 Å². The summed E-state index contributed by atoms with van der Waals surface area (Å²) in [7, 11) is 2.15. The largest absolute Gasteiger partial charge is 0.508 e. The molecule has 3 rings (SSSR count). The maximum Gasteiger partial charge on any atom is 0.120 e. The first-order valence-corrected chi connectivity index (χ1v) is 7.83. The zero-order valence-corrected chi connectivity index (χ0v) is 12.7. The number of hydrogen-bond acceptors (Lipinski definition) is 3. The van der Waals surface area contributed by atoms with Crippen LogP contribution in [-0.2, 0) is 6.54 Å². The molecule has 0 bridgehead atoms. The molecule has 2 N–H and O–H groups in total. The zero-order valence-electron chi connectivity index (χ0n) is 12.7. The van der Waals surface area contributed by atoms with Crippen molar-refractivity contribution in [2.75, 3.05) is 26.7 Å². The van der Waals surface area contributed by atoms with Crippen LogP contribution in [0.15, 0.2) is 36.4 Å². The second-order valence-corrected chi connectivity index (χ2v) is 6.19. The van der Waals surface area contributed by atoms with Gasteiger partial charge < -0.3 is 15.3 Å². The van der Waals surface area contributed by atoms with Crippen LogP contribution in [0.25, 0.3) is 10.8 Å². The Morgan fingerprint density at radius 1 is 1.24 bits per heavy atom. The molecule has 3 nitrogen and oxygen atoms in total. The fourth-order valence-corrected chi connectivity index (χ4v) is 3.35. The van der Waals surface area contributed by atoms with Crippen LogP contribution in [0, 0.1) is 5.92 Å². The molecule has 1 saturated heterocycles. The minimum absolute atomic E-state index is 0.405. The summed E-state index contributed by atoms with van der Waals surface area (Å²) in [5, 5.41) is 16.0. The Labute approximate surface area is 126 Å². The molecule has 0 aromatic heterocycles. The Bertz CT molecular complexity index is 605. The predicted octanol–water partition coefficient (Wildman–Crippen LogP) is 2.98. The highest BCUT2D eigenvalue weighted by Gasteiger charge is 2.16. The van der Waals surface area contributed by atoms with Crippen molar-refractivity contribution < 1.29 is 5.11 Å². The smallest absolute Gasteiger partial charge is 0.120 e. The van der Waals surface area contributed by atoms with E-state index in [1.54, 1.807) is 0 Å². The van der Waals surface area contributed by atoms with Crippen LogP contribution in [0.3, 0.4) is 0 Å². The average molecular weight is 284 g/mol. The lowest BCUT2D eigenvalue weighted by Crippen LogP contribution is -2.36. The molecule has 0 radical (unpaired) electrons. The molecular weight excluding hydrogens is 260 g/mol. The van der Waals surface area contributed by atoms with Gasteiger partial charge in [-0.2, -0.15) is 0 Å². The Morgan fingerprint density at radius 2 is 2.10 bits per heavy atom. The number of benzene rings is 2. The second-order valence-electron chi connectivity index (χ2n) is 6.19. The Hall–Kier alpha value is -1.58. The summed E-state index contributed by atoms with van der Waals surface area (Å²) in [5.74, 6) is 1.13. The molecule has 0 saturated carbocycles. The van der Waals surface area contributed by atoms with E-state index in [-0.39, 0.29) is 0 Å². The lowest BCUT2D eigenvalue weighted by molar-refractivity contribution is 0.236. The van der Waals surface area contributed by atoms with E-state index in [1.165, 1.54) is 18.2 Å². The van der Waals surface area contributed by atoms with E-state index < -0.39 is 0 Å². The first-order valence-electron chi connectivity index (χ1n) is 7.83. The summed E-state index contributed by atoms with van der Waals surface area (Å²) >= 11 is 0. The lowest BCUT2D eigenvalue weighted by Gasteiger charge is -2.28. The van der Waals surface area contributed by atoms with E-state index in [1.807, 2.05) is 24.3 Å². The Balaban J connectivity index is 1.75. The van der Waals surface area contributed by atoms with Crippen LogP contribution in [0.1, 0.15) is 18.4 Å². The number of fused-ring (bicyclic) bond motifs is 1. The Morgan fingerprint density at radius 3 is 2.90 bits per heavy atom. The van der Waals surface area contributed by atoms with Crippen molar-refractivity contribution >= 4 is 10.8 Å². The normalized spacial score (nSPS) is 19.2. The van der Waals surface area contributed by atoms with Gasteiger partial charge in [0.1, 0.15) is 5.75 Å². The third-order valence-electron chi connectivity index (χ3n) is 4.41. The topological polar surface area (TPSA) is 35.5 Å². The van der Waals surface area contributed by atoms with E-state index >= 15 is 0 Å². The molecule has 1 fully saturated rings. The molecular formula is C18H24N2O. The van der Waals surface area contributed by atoms with Gasteiger partial charge in [-0.15, -0.1) is 0 Å². The van der Waals surface area contributed by atoms with E-state index in [0.717, 1.165) is 43.0 Å². The summed E-state index contributed by atoms with van der Waals surface area (Å²) in [4.78, 5) is 2.33. The van der Waals surface area contributed by atoms with E-state index in [9.17, 15) is 5.11 Å². The van der Waals surface area contributed by atoms with E-state index in [4.69, 9.17) is 0 Å². The molecule has 1 heterocycles. The second kappa shape index (κ2) is 6.46. The molecule has 0 spiro atoms. The maximum absolute atomic E-state index is 10.2. The minimum atomic E-state index is 0.405. The van der Waals surface area contributed by atoms with Gasteiger partial charge in [0.05, 0.1) is 0 Å². The molecule has 2 aromatic rings. The molecule has 0 aliphatic carbocycles. The van der Waals surface area contributed by atoms with Crippen molar-refractivity contribution in [1.82, 2.24) is 10.2 Å². The van der Waals surface area contributed by atoms with Gasteiger partial charge >= 0.3 is 0 Å². The molecule has 21 heavy (non-hydrogen) atoms. The van der Waals surface area contributed by atoms with E-state index in [0.29, 0.717) is 5.75 Å². The van der Waals surface area contributed by atoms with Crippen LogP contribution in [0.5, 0.6) is 5.75 Å². The summed E-state index contributed by atoms with van der Waals surface area (Å²) in [6.07, 6.45) is 2.58. The molecule has 1 aliphatic heterocycles. The third-order valence-corrected chi connectivity index (χ3v) is 4.41. The molecule has 1 unspecified atom stereocenters. The van der Waals surface area contributed by atoms with Gasteiger partial charge in [-0.1, -0.05) is 30.3 Å². The number of aromatic hydroxyl groups is 1. The fourth-order valence-electron chi connectivity index (χ4n) is 3.35. The molecule has 0 amide bonds. The number of hydrogen-bond donors (Lipinski definition) is 2. The number of phenolic OH excluding ortho intramolecular Hbond substituents is 1. The SMILES string of the molecule is CN(Cc1c(O)ccc2ccccc12)CC1CCCNC1. The van der Waals surface area contributed by atoms with Gasteiger partial charge in [-0.05, 0) is 55.7 Å². The molecule has 2 aromatic carbocycles. The van der Waals surface area contributed by atoms with Gasteiger partial charge in [0, 0.05) is 18.7 Å². The maximum atomic E-state index is 10.2.